The summed E-state index contributed by atoms with van der Waals surface area (Å²) >= 11 is 0. The highest BCUT2D eigenvalue weighted by Crippen LogP contribution is 2.43. The fourth-order valence-corrected chi connectivity index (χ4v) is 2.05. The predicted octanol–water partition coefficient (Wildman–Crippen LogP) is 2.00. The number of benzene rings is 1. The molecule has 3 rings (SSSR count). The van der Waals surface area contributed by atoms with Crippen LogP contribution in [0.5, 0.6) is 0 Å². The smallest absolute Gasteiger partial charge is 0.330 e. The van der Waals surface area contributed by atoms with Crippen LogP contribution in [0.25, 0.3) is 0 Å². The van der Waals surface area contributed by atoms with Crippen LogP contribution < -0.4 is 0 Å². The monoisotopic (exact) mass is 216 g/mol. The van der Waals surface area contributed by atoms with Gasteiger partial charge in [0.25, 0.3) is 0 Å². The highest BCUT2D eigenvalue weighted by molar-refractivity contribution is 5.82. The van der Waals surface area contributed by atoms with Gasteiger partial charge in [0.1, 0.15) is 18.3 Å². The molecule has 0 radical (unpaired) electrons. The molecule has 82 valence electrons. The first-order valence-corrected chi connectivity index (χ1v) is 5.42. The summed E-state index contributed by atoms with van der Waals surface area (Å²) in [6, 6.07) is 10.0. The van der Waals surface area contributed by atoms with Crippen molar-refractivity contribution in [3.05, 3.63) is 48.0 Å². The molecule has 2 heterocycles. The number of cyclic esters (lactones) is 1. The lowest BCUT2D eigenvalue weighted by Crippen LogP contribution is -2.25. The summed E-state index contributed by atoms with van der Waals surface area (Å²) in [5.41, 5.74) is 1.15. The van der Waals surface area contributed by atoms with Crippen LogP contribution in [0, 0.1) is 0 Å². The van der Waals surface area contributed by atoms with E-state index in [9.17, 15) is 4.79 Å². The predicted molar refractivity (Wildman–Crippen MR) is 57.7 cm³/mol. The maximum Gasteiger partial charge on any atom is 0.330 e. The number of rotatable bonds is 2. The van der Waals surface area contributed by atoms with E-state index in [1.807, 2.05) is 36.4 Å². The number of carbonyl (C=O) groups is 1. The van der Waals surface area contributed by atoms with Crippen LogP contribution in [0.3, 0.4) is 0 Å². The van der Waals surface area contributed by atoms with Gasteiger partial charge in [-0.1, -0.05) is 36.4 Å². The van der Waals surface area contributed by atoms with Gasteiger partial charge in [-0.15, -0.1) is 0 Å². The Kier molecular flexibility index (Phi) is 2.26. The highest BCUT2D eigenvalue weighted by atomic mass is 16.6. The molecule has 16 heavy (non-hydrogen) atoms. The Hall–Kier alpha value is -1.61. The number of ether oxygens (including phenoxy) is 2. The highest BCUT2D eigenvalue weighted by Gasteiger charge is 2.47. The number of epoxide rings is 1. The fourth-order valence-electron chi connectivity index (χ4n) is 2.05. The van der Waals surface area contributed by atoms with Gasteiger partial charge in [0.05, 0.1) is 0 Å². The lowest BCUT2D eigenvalue weighted by atomic mass is 10.0. The molecule has 1 aromatic rings. The summed E-state index contributed by atoms with van der Waals surface area (Å²) in [4.78, 5) is 11.1. The van der Waals surface area contributed by atoms with Crippen molar-refractivity contribution in [3.8, 4) is 0 Å². The van der Waals surface area contributed by atoms with E-state index in [4.69, 9.17) is 9.47 Å². The van der Waals surface area contributed by atoms with Crippen LogP contribution >= 0.6 is 0 Å². The molecule has 2 aliphatic heterocycles. The minimum atomic E-state index is -0.265. The molecule has 0 saturated carbocycles. The zero-order chi connectivity index (χ0) is 11.0. The van der Waals surface area contributed by atoms with Crippen LogP contribution in [0.15, 0.2) is 42.5 Å². The van der Waals surface area contributed by atoms with Gasteiger partial charge in [0, 0.05) is 12.5 Å². The van der Waals surface area contributed by atoms with E-state index in [0.29, 0.717) is 0 Å². The molecular formula is C13H12O3. The second-order valence-electron chi connectivity index (χ2n) is 4.05. The van der Waals surface area contributed by atoms with Crippen LogP contribution in [0.1, 0.15) is 18.1 Å². The fraction of sp³-hybridized carbons (Fsp3) is 0.308. The summed E-state index contributed by atoms with van der Waals surface area (Å²) in [5, 5.41) is 0. The minimum Gasteiger partial charge on any atom is -0.456 e. The zero-order valence-corrected chi connectivity index (χ0v) is 8.71. The maximum atomic E-state index is 11.1. The van der Waals surface area contributed by atoms with Crippen LogP contribution in [-0.4, -0.2) is 18.2 Å². The van der Waals surface area contributed by atoms with Gasteiger partial charge in [-0.25, -0.2) is 4.79 Å². The average Bonchev–Trinajstić information content (AvgIpc) is 3.10. The molecule has 0 aromatic heterocycles. The van der Waals surface area contributed by atoms with E-state index in [-0.39, 0.29) is 24.3 Å². The third-order valence-electron chi connectivity index (χ3n) is 2.91. The van der Waals surface area contributed by atoms with Crippen molar-refractivity contribution in [2.45, 2.75) is 24.7 Å². The summed E-state index contributed by atoms with van der Waals surface area (Å²) in [7, 11) is 0. The van der Waals surface area contributed by atoms with Crippen molar-refractivity contribution < 1.29 is 14.3 Å². The van der Waals surface area contributed by atoms with Crippen molar-refractivity contribution in [1.82, 2.24) is 0 Å². The van der Waals surface area contributed by atoms with Crippen molar-refractivity contribution in [2.75, 3.05) is 0 Å². The molecule has 3 nitrogen and oxygen atoms in total. The first kappa shape index (κ1) is 9.60. The zero-order valence-electron chi connectivity index (χ0n) is 8.71. The molecule has 0 amide bonds. The van der Waals surface area contributed by atoms with E-state index in [2.05, 4.69) is 0 Å². The molecule has 0 bridgehead atoms. The molecule has 0 unspecified atom stereocenters. The average molecular weight is 216 g/mol. The molecule has 0 N–H and O–H groups in total. The second-order valence-corrected chi connectivity index (χ2v) is 4.05. The minimum absolute atomic E-state index is 0.0244. The largest absolute Gasteiger partial charge is 0.456 e. The number of esters is 1. The molecule has 1 fully saturated rings. The molecule has 0 spiro atoms. The lowest BCUT2D eigenvalue weighted by Gasteiger charge is -2.16. The van der Waals surface area contributed by atoms with E-state index < -0.39 is 0 Å². The Bertz CT molecular complexity index is 424. The molecule has 0 aliphatic carbocycles. The van der Waals surface area contributed by atoms with Gasteiger partial charge in [-0.05, 0) is 5.56 Å². The van der Waals surface area contributed by atoms with Gasteiger partial charge in [0.2, 0.25) is 0 Å². The Morgan fingerprint density at radius 2 is 2.00 bits per heavy atom. The van der Waals surface area contributed by atoms with E-state index in [0.717, 1.165) is 12.0 Å². The molecule has 3 heteroatoms. The maximum absolute atomic E-state index is 11.1. The third kappa shape index (κ3) is 1.74. The topological polar surface area (TPSA) is 38.8 Å². The van der Waals surface area contributed by atoms with Crippen molar-refractivity contribution in [3.63, 3.8) is 0 Å². The molecule has 3 atom stereocenters. The van der Waals surface area contributed by atoms with Crippen molar-refractivity contribution in [2.24, 2.45) is 0 Å². The van der Waals surface area contributed by atoms with E-state index in [1.54, 1.807) is 0 Å². The molecule has 1 aromatic carbocycles. The molecular weight excluding hydrogens is 204 g/mol. The van der Waals surface area contributed by atoms with E-state index in [1.165, 1.54) is 6.08 Å². The Morgan fingerprint density at radius 1 is 1.19 bits per heavy atom. The summed E-state index contributed by atoms with van der Waals surface area (Å²) in [6.45, 7) is 0. The summed E-state index contributed by atoms with van der Waals surface area (Å²) < 4.78 is 10.8. The van der Waals surface area contributed by atoms with Gasteiger partial charge < -0.3 is 9.47 Å². The van der Waals surface area contributed by atoms with Gasteiger partial charge in [0.15, 0.2) is 0 Å². The van der Waals surface area contributed by atoms with Gasteiger partial charge in [-0.3, -0.25) is 0 Å². The SMILES string of the molecule is O=C1C=CC[C@H]([C@@H]2O[C@@H]2c2ccccc2)O1. The second kappa shape index (κ2) is 3.76. The van der Waals surface area contributed by atoms with Gasteiger partial charge >= 0.3 is 5.97 Å². The Morgan fingerprint density at radius 3 is 2.75 bits per heavy atom. The van der Waals surface area contributed by atoms with E-state index >= 15 is 0 Å². The van der Waals surface area contributed by atoms with Gasteiger partial charge in [-0.2, -0.15) is 0 Å². The summed E-state index contributed by atoms with van der Waals surface area (Å²) in [6.07, 6.45) is 4.06. The third-order valence-corrected chi connectivity index (χ3v) is 2.91. The molecule has 1 saturated heterocycles. The first-order valence-electron chi connectivity index (χ1n) is 5.42. The first-order chi connectivity index (χ1) is 7.84. The Labute approximate surface area is 93.7 Å². The lowest BCUT2D eigenvalue weighted by molar-refractivity contribution is -0.145. The number of hydrogen-bond acceptors (Lipinski definition) is 3. The van der Waals surface area contributed by atoms with Crippen LogP contribution in [-0.2, 0) is 14.3 Å². The van der Waals surface area contributed by atoms with Crippen molar-refractivity contribution in [1.29, 1.82) is 0 Å². The molecule has 2 aliphatic rings. The standard InChI is InChI=1S/C13H12O3/c14-11-8-4-7-10(15-11)13-12(16-13)9-5-2-1-3-6-9/h1-6,8,10,12-13H,7H2/t10-,12-,13+/m1/s1. The van der Waals surface area contributed by atoms with Crippen LogP contribution in [0.4, 0.5) is 0 Å². The summed E-state index contributed by atoms with van der Waals surface area (Å²) in [5.74, 6) is -0.265. The normalized spacial score (nSPS) is 32.2. The number of hydrogen-bond donors (Lipinski definition) is 0. The van der Waals surface area contributed by atoms with Crippen molar-refractivity contribution >= 4 is 5.97 Å². The Balaban J connectivity index is 1.68. The quantitative estimate of drug-likeness (QED) is 0.560. The van der Waals surface area contributed by atoms with Crippen LogP contribution in [0.2, 0.25) is 0 Å². The number of carbonyl (C=O) groups excluding carboxylic acids is 1.